The van der Waals surface area contributed by atoms with E-state index in [4.69, 9.17) is 5.73 Å². The van der Waals surface area contributed by atoms with E-state index in [1.54, 1.807) is 0 Å². The summed E-state index contributed by atoms with van der Waals surface area (Å²) in [5.74, 6) is 0. The van der Waals surface area contributed by atoms with Crippen molar-refractivity contribution < 1.29 is 21.6 Å². The van der Waals surface area contributed by atoms with Crippen molar-refractivity contribution in [1.82, 2.24) is 4.31 Å². The Bertz CT molecular complexity index is 592. The van der Waals surface area contributed by atoms with Gasteiger partial charge in [-0.15, -0.1) is 12.4 Å². The van der Waals surface area contributed by atoms with Crippen molar-refractivity contribution in [1.29, 1.82) is 0 Å². The van der Waals surface area contributed by atoms with Gasteiger partial charge in [0.25, 0.3) is 0 Å². The Morgan fingerprint density at radius 3 is 2.52 bits per heavy atom. The Balaban J connectivity index is 0.00000220. The number of piperidine rings is 1. The normalized spacial score (nSPS) is 20.9. The van der Waals surface area contributed by atoms with Crippen molar-refractivity contribution in [3.05, 3.63) is 29.8 Å². The van der Waals surface area contributed by atoms with Crippen molar-refractivity contribution in [2.24, 2.45) is 5.73 Å². The minimum atomic E-state index is -4.57. The number of sulfonamides is 1. The molecule has 0 spiro atoms. The lowest BCUT2D eigenvalue weighted by molar-refractivity contribution is -0.137. The van der Waals surface area contributed by atoms with Crippen LogP contribution >= 0.6 is 12.4 Å². The number of benzene rings is 1. The van der Waals surface area contributed by atoms with Crippen molar-refractivity contribution >= 4 is 22.4 Å². The first kappa shape index (κ1) is 18.2. The molecule has 120 valence electrons. The molecule has 2 rings (SSSR count). The number of rotatable bonds is 2. The third-order valence-electron chi connectivity index (χ3n) is 3.22. The third kappa shape index (κ3) is 4.09. The Morgan fingerprint density at radius 1 is 1.29 bits per heavy atom. The first-order valence-electron chi connectivity index (χ1n) is 6.14. The predicted molar refractivity (Wildman–Crippen MR) is 74.7 cm³/mol. The van der Waals surface area contributed by atoms with E-state index in [9.17, 15) is 21.6 Å². The van der Waals surface area contributed by atoms with Crippen LogP contribution in [-0.2, 0) is 16.2 Å². The van der Waals surface area contributed by atoms with Crippen molar-refractivity contribution in [2.75, 3.05) is 13.1 Å². The zero-order valence-electron chi connectivity index (χ0n) is 11.0. The van der Waals surface area contributed by atoms with Gasteiger partial charge in [0.2, 0.25) is 10.0 Å². The standard InChI is InChI=1S/C12H15F3N2O2S.ClH/c13-12(14,15)9-3-1-5-11(7-9)20(18,19)17-6-2-4-10(16)8-17;/h1,3,5,7,10H,2,4,6,8,16H2;1H/t10-;/m1./s1. The summed E-state index contributed by atoms with van der Waals surface area (Å²) in [6, 6.07) is 3.50. The molecule has 1 aliphatic heterocycles. The predicted octanol–water partition coefficient (Wildman–Crippen LogP) is 2.24. The third-order valence-corrected chi connectivity index (χ3v) is 5.08. The summed E-state index contributed by atoms with van der Waals surface area (Å²) in [7, 11) is -3.92. The van der Waals surface area contributed by atoms with Gasteiger partial charge in [-0.05, 0) is 31.0 Å². The molecule has 0 bridgehead atoms. The highest BCUT2D eigenvalue weighted by molar-refractivity contribution is 7.89. The number of nitrogens with two attached hydrogens (primary N) is 1. The topological polar surface area (TPSA) is 63.4 Å². The zero-order chi connectivity index (χ0) is 15.0. The number of nitrogens with zero attached hydrogens (tertiary/aromatic N) is 1. The van der Waals surface area contributed by atoms with Gasteiger partial charge in [-0.25, -0.2) is 8.42 Å². The van der Waals surface area contributed by atoms with E-state index in [0.717, 1.165) is 16.4 Å². The van der Waals surface area contributed by atoms with Crippen LogP contribution in [0.4, 0.5) is 13.2 Å². The molecule has 1 fully saturated rings. The molecule has 1 aromatic rings. The van der Waals surface area contributed by atoms with Crippen LogP contribution in [0.2, 0.25) is 0 Å². The van der Waals surface area contributed by atoms with Gasteiger partial charge in [0, 0.05) is 19.1 Å². The molecule has 1 aromatic carbocycles. The molecule has 21 heavy (non-hydrogen) atoms. The molecule has 0 aliphatic carbocycles. The maximum absolute atomic E-state index is 12.6. The Labute approximate surface area is 127 Å². The van der Waals surface area contributed by atoms with Gasteiger partial charge < -0.3 is 5.73 Å². The quantitative estimate of drug-likeness (QED) is 0.895. The lowest BCUT2D eigenvalue weighted by atomic mass is 10.1. The molecular weight excluding hydrogens is 329 g/mol. The smallest absolute Gasteiger partial charge is 0.327 e. The summed E-state index contributed by atoms with van der Waals surface area (Å²) in [4.78, 5) is -0.346. The lowest BCUT2D eigenvalue weighted by Gasteiger charge is -2.30. The monoisotopic (exact) mass is 344 g/mol. The van der Waals surface area contributed by atoms with Crippen LogP contribution in [0.3, 0.4) is 0 Å². The van der Waals surface area contributed by atoms with Gasteiger partial charge in [-0.2, -0.15) is 17.5 Å². The summed E-state index contributed by atoms with van der Waals surface area (Å²) >= 11 is 0. The molecule has 0 amide bonds. The van der Waals surface area contributed by atoms with E-state index in [1.807, 2.05) is 0 Å². The highest BCUT2D eigenvalue weighted by Crippen LogP contribution is 2.31. The maximum atomic E-state index is 12.6. The molecule has 1 atom stereocenters. The van der Waals surface area contributed by atoms with Gasteiger partial charge in [-0.1, -0.05) is 6.07 Å². The number of halogens is 4. The van der Waals surface area contributed by atoms with Crippen molar-refractivity contribution in [3.8, 4) is 0 Å². The van der Waals surface area contributed by atoms with Crippen LogP contribution in [0, 0.1) is 0 Å². The summed E-state index contributed by atoms with van der Waals surface area (Å²) in [5.41, 5.74) is 4.74. The molecule has 0 radical (unpaired) electrons. The molecule has 9 heteroatoms. The van der Waals surface area contributed by atoms with Gasteiger partial charge in [0.1, 0.15) is 0 Å². The molecule has 1 saturated heterocycles. The second-order valence-electron chi connectivity index (χ2n) is 4.79. The Hall–Kier alpha value is -0.830. The van der Waals surface area contributed by atoms with Gasteiger partial charge in [-0.3, -0.25) is 0 Å². The van der Waals surface area contributed by atoms with Crippen LogP contribution in [-0.4, -0.2) is 31.9 Å². The van der Waals surface area contributed by atoms with Crippen LogP contribution < -0.4 is 5.73 Å². The summed E-state index contributed by atoms with van der Waals surface area (Å²) in [6.07, 6.45) is -3.24. The van der Waals surface area contributed by atoms with E-state index < -0.39 is 21.8 Å². The molecule has 4 nitrogen and oxygen atoms in total. The minimum absolute atomic E-state index is 0. The lowest BCUT2D eigenvalue weighted by Crippen LogP contribution is -2.45. The number of hydrogen-bond acceptors (Lipinski definition) is 3. The maximum Gasteiger partial charge on any atom is 0.416 e. The second-order valence-corrected chi connectivity index (χ2v) is 6.73. The molecule has 0 aromatic heterocycles. The molecule has 0 unspecified atom stereocenters. The summed E-state index contributed by atoms with van der Waals surface area (Å²) in [6.45, 7) is 0.421. The van der Waals surface area contributed by atoms with Crippen LogP contribution in [0.15, 0.2) is 29.2 Å². The van der Waals surface area contributed by atoms with E-state index in [0.29, 0.717) is 18.9 Å². The van der Waals surface area contributed by atoms with Crippen LogP contribution in [0.1, 0.15) is 18.4 Å². The average Bonchev–Trinajstić information content (AvgIpc) is 2.38. The van der Waals surface area contributed by atoms with Crippen LogP contribution in [0.5, 0.6) is 0 Å². The SMILES string of the molecule is Cl.N[C@@H]1CCCN(S(=O)(=O)c2cccc(C(F)(F)F)c2)C1. The van der Waals surface area contributed by atoms with Gasteiger partial charge in [0.05, 0.1) is 10.5 Å². The van der Waals surface area contributed by atoms with E-state index in [2.05, 4.69) is 0 Å². The van der Waals surface area contributed by atoms with E-state index in [1.165, 1.54) is 6.07 Å². The summed E-state index contributed by atoms with van der Waals surface area (Å²) < 4.78 is 63.7. The van der Waals surface area contributed by atoms with E-state index in [-0.39, 0.29) is 36.4 Å². The fraction of sp³-hybridized carbons (Fsp3) is 0.500. The van der Waals surface area contributed by atoms with Crippen molar-refractivity contribution in [2.45, 2.75) is 30.0 Å². The summed E-state index contributed by atoms with van der Waals surface area (Å²) in [5, 5.41) is 0. The van der Waals surface area contributed by atoms with Crippen LogP contribution in [0.25, 0.3) is 0 Å². The van der Waals surface area contributed by atoms with Gasteiger partial charge in [0.15, 0.2) is 0 Å². The minimum Gasteiger partial charge on any atom is -0.327 e. The molecule has 2 N–H and O–H groups in total. The largest absolute Gasteiger partial charge is 0.416 e. The van der Waals surface area contributed by atoms with Crippen molar-refractivity contribution in [3.63, 3.8) is 0 Å². The Kier molecular flexibility index (Phi) is 5.65. The molecule has 0 saturated carbocycles. The number of hydrogen-bond donors (Lipinski definition) is 1. The molecule has 1 heterocycles. The second kappa shape index (κ2) is 6.51. The highest BCUT2D eigenvalue weighted by atomic mass is 35.5. The molecular formula is C12H16ClF3N2O2S. The zero-order valence-corrected chi connectivity index (χ0v) is 12.6. The van der Waals surface area contributed by atoms with Gasteiger partial charge >= 0.3 is 6.18 Å². The first-order chi connectivity index (χ1) is 9.21. The fourth-order valence-electron chi connectivity index (χ4n) is 2.17. The average molecular weight is 345 g/mol. The highest BCUT2D eigenvalue weighted by Gasteiger charge is 2.34. The van der Waals surface area contributed by atoms with E-state index >= 15 is 0 Å². The first-order valence-corrected chi connectivity index (χ1v) is 7.58. The molecule has 1 aliphatic rings. The fourth-order valence-corrected chi connectivity index (χ4v) is 3.76. The Morgan fingerprint density at radius 2 is 1.95 bits per heavy atom. The number of alkyl halides is 3.